The standard InChI is InChI=1S/C30H29N3O3/c34-29(23-36-27-14-8-3-9-15-27)33(22-26-12-6-2-7-13-26)28(20-24-10-4-1-5-11-24)30(35)32-21-25-16-18-31-19-17-25/h1-19,28H,20-23H2,(H,32,35)/t28-/m0/s1. The Morgan fingerprint density at radius 1 is 0.750 bits per heavy atom. The van der Waals surface area contributed by atoms with Crippen molar-refractivity contribution in [1.82, 2.24) is 15.2 Å². The molecule has 0 spiro atoms. The van der Waals surface area contributed by atoms with E-state index in [-0.39, 0.29) is 25.0 Å². The van der Waals surface area contributed by atoms with Gasteiger partial charge in [-0.3, -0.25) is 14.6 Å². The Bertz CT molecular complexity index is 1120. The van der Waals surface area contributed by atoms with Gasteiger partial charge in [-0.05, 0) is 41.0 Å². The highest BCUT2D eigenvalue weighted by molar-refractivity contribution is 5.88. The molecule has 36 heavy (non-hydrogen) atoms. The molecular formula is C30H29N3O3. The van der Waals surface area contributed by atoms with Crippen molar-refractivity contribution >= 4 is 11.8 Å². The molecule has 0 bridgehead atoms. The molecule has 0 aliphatic carbocycles. The number of nitrogens with zero attached hydrogens (tertiary/aromatic N) is 2. The lowest BCUT2D eigenvalue weighted by atomic mass is 10.0. The number of pyridine rings is 1. The van der Waals surface area contributed by atoms with Gasteiger partial charge in [0.15, 0.2) is 6.61 Å². The number of carbonyl (C=O) groups excluding carboxylic acids is 2. The number of benzene rings is 3. The van der Waals surface area contributed by atoms with Crippen molar-refractivity contribution in [2.45, 2.75) is 25.6 Å². The molecule has 0 saturated heterocycles. The summed E-state index contributed by atoms with van der Waals surface area (Å²) in [5.41, 5.74) is 2.84. The Morgan fingerprint density at radius 3 is 1.97 bits per heavy atom. The van der Waals surface area contributed by atoms with E-state index < -0.39 is 6.04 Å². The van der Waals surface area contributed by atoms with Crippen molar-refractivity contribution < 1.29 is 14.3 Å². The van der Waals surface area contributed by atoms with Gasteiger partial charge < -0.3 is 15.0 Å². The van der Waals surface area contributed by atoms with Gasteiger partial charge >= 0.3 is 0 Å². The molecule has 0 aliphatic rings. The fraction of sp³-hybridized carbons (Fsp3) is 0.167. The molecule has 6 heteroatoms. The molecular weight excluding hydrogens is 450 g/mol. The first-order valence-electron chi connectivity index (χ1n) is 11.9. The topological polar surface area (TPSA) is 71.5 Å². The summed E-state index contributed by atoms with van der Waals surface area (Å²) in [5.74, 6) is 0.120. The molecule has 1 aromatic heterocycles. The molecule has 0 saturated carbocycles. The lowest BCUT2D eigenvalue weighted by Crippen LogP contribution is -2.51. The molecule has 0 unspecified atom stereocenters. The van der Waals surface area contributed by atoms with Crippen LogP contribution in [-0.2, 0) is 29.1 Å². The average Bonchev–Trinajstić information content (AvgIpc) is 2.94. The second-order valence-corrected chi connectivity index (χ2v) is 8.39. The first kappa shape index (κ1) is 24.7. The summed E-state index contributed by atoms with van der Waals surface area (Å²) in [7, 11) is 0. The maximum Gasteiger partial charge on any atom is 0.261 e. The highest BCUT2D eigenvalue weighted by Crippen LogP contribution is 2.16. The third-order valence-corrected chi connectivity index (χ3v) is 5.79. The smallest absolute Gasteiger partial charge is 0.261 e. The van der Waals surface area contributed by atoms with Crippen LogP contribution in [0.25, 0.3) is 0 Å². The van der Waals surface area contributed by atoms with Crippen molar-refractivity contribution in [2.75, 3.05) is 6.61 Å². The molecule has 0 fully saturated rings. The molecule has 4 rings (SSSR count). The lowest BCUT2D eigenvalue weighted by Gasteiger charge is -2.31. The van der Waals surface area contributed by atoms with Crippen molar-refractivity contribution in [3.05, 3.63) is 132 Å². The minimum atomic E-state index is -0.721. The summed E-state index contributed by atoms with van der Waals surface area (Å²) in [6.45, 7) is 0.471. The van der Waals surface area contributed by atoms with E-state index in [0.29, 0.717) is 18.7 Å². The molecule has 2 amide bonds. The SMILES string of the molecule is O=C(NCc1ccncc1)[C@H](Cc1ccccc1)N(Cc1ccccc1)C(=O)COc1ccccc1. The van der Waals surface area contributed by atoms with Crippen LogP contribution < -0.4 is 10.1 Å². The predicted octanol–water partition coefficient (Wildman–Crippen LogP) is 4.42. The largest absolute Gasteiger partial charge is 0.484 e. The maximum atomic E-state index is 13.6. The van der Waals surface area contributed by atoms with E-state index >= 15 is 0 Å². The molecule has 1 N–H and O–H groups in total. The summed E-state index contributed by atoms with van der Waals surface area (Å²) < 4.78 is 5.77. The Morgan fingerprint density at radius 2 is 1.33 bits per heavy atom. The van der Waals surface area contributed by atoms with Crippen molar-refractivity contribution in [3.8, 4) is 5.75 Å². The van der Waals surface area contributed by atoms with Gasteiger partial charge in [0.25, 0.3) is 5.91 Å². The predicted molar refractivity (Wildman–Crippen MR) is 139 cm³/mol. The fourth-order valence-corrected chi connectivity index (χ4v) is 3.89. The minimum Gasteiger partial charge on any atom is -0.484 e. The number of hydrogen-bond acceptors (Lipinski definition) is 4. The monoisotopic (exact) mass is 479 g/mol. The van der Waals surface area contributed by atoms with Crippen molar-refractivity contribution in [1.29, 1.82) is 0 Å². The Hall–Kier alpha value is -4.45. The zero-order chi connectivity index (χ0) is 25.0. The van der Waals surface area contributed by atoms with E-state index in [1.54, 1.807) is 29.4 Å². The van der Waals surface area contributed by atoms with Crippen molar-refractivity contribution in [2.24, 2.45) is 0 Å². The van der Waals surface area contributed by atoms with Gasteiger partial charge in [-0.25, -0.2) is 0 Å². The number of para-hydroxylation sites is 1. The second-order valence-electron chi connectivity index (χ2n) is 8.39. The molecule has 0 radical (unpaired) electrons. The Kier molecular flexibility index (Phi) is 8.81. The van der Waals surface area contributed by atoms with Gasteiger partial charge in [0.1, 0.15) is 11.8 Å². The van der Waals surface area contributed by atoms with Crippen LogP contribution in [0.1, 0.15) is 16.7 Å². The molecule has 1 atom stereocenters. The quantitative estimate of drug-likeness (QED) is 0.346. The van der Waals surface area contributed by atoms with Crippen LogP contribution in [0.2, 0.25) is 0 Å². The van der Waals surface area contributed by atoms with Crippen LogP contribution >= 0.6 is 0 Å². The van der Waals surface area contributed by atoms with Crippen LogP contribution in [0.5, 0.6) is 5.75 Å². The maximum absolute atomic E-state index is 13.6. The fourth-order valence-electron chi connectivity index (χ4n) is 3.89. The minimum absolute atomic E-state index is 0.167. The van der Waals surface area contributed by atoms with Crippen LogP contribution in [0.3, 0.4) is 0 Å². The normalized spacial score (nSPS) is 11.3. The van der Waals surface area contributed by atoms with Crippen LogP contribution in [0.15, 0.2) is 116 Å². The van der Waals surface area contributed by atoms with E-state index in [0.717, 1.165) is 16.7 Å². The lowest BCUT2D eigenvalue weighted by molar-refractivity contribution is -0.142. The molecule has 6 nitrogen and oxygen atoms in total. The molecule has 1 heterocycles. The van der Waals surface area contributed by atoms with Crippen LogP contribution in [-0.4, -0.2) is 34.3 Å². The zero-order valence-electron chi connectivity index (χ0n) is 20.0. The Balaban J connectivity index is 1.59. The molecule has 182 valence electrons. The van der Waals surface area contributed by atoms with Gasteiger partial charge in [-0.1, -0.05) is 78.9 Å². The van der Waals surface area contributed by atoms with Gasteiger partial charge in [0.05, 0.1) is 0 Å². The van der Waals surface area contributed by atoms with Gasteiger partial charge in [-0.2, -0.15) is 0 Å². The molecule has 3 aromatic carbocycles. The summed E-state index contributed by atoms with van der Waals surface area (Å²) in [4.78, 5) is 32.8. The number of hydrogen-bond donors (Lipinski definition) is 1. The number of rotatable bonds is 11. The van der Waals surface area contributed by atoms with Gasteiger partial charge in [0.2, 0.25) is 5.91 Å². The van der Waals surface area contributed by atoms with Gasteiger partial charge in [-0.15, -0.1) is 0 Å². The first-order chi connectivity index (χ1) is 17.7. The number of carbonyl (C=O) groups is 2. The van der Waals surface area contributed by atoms with Crippen molar-refractivity contribution in [3.63, 3.8) is 0 Å². The van der Waals surface area contributed by atoms with E-state index in [1.807, 2.05) is 91.0 Å². The number of amides is 2. The summed E-state index contributed by atoms with van der Waals surface area (Å²) in [6.07, 6.45) is 3.76. The van der Waals surface area contributed by atoms with E-state index in [4.69, 9.17) is 4.74 Å². The van der Waals surface area contributed by atoms with E-state index in [2.05, 4.69) is 10.3 Å². The van der Waals surface area contributed by atoms with E-state index in [1.165, 1.54) is 0 Å². The number of nitrogens with one attached hydrogen (secondary N) is 1. The number of ether oxygens (including phenoxy) is 1. The summed E-state index contributed by atoms with van der Waals surface area (Å²) in [6, 6.07) is 31.6. The third-order valence-electron chi connectivity index (χ3n) is 5.79. The highest BCUT2D eigenvalue weighted by atomic mass is 16.5. The molecule has 0 aliphatic heterocycles. The van der Waals surface area contributed by atoms with Gasteiger partial charge in [0, 0.05) is 31.9 Å². The highest BCUT2D eigenvalue weighted by Gasteiger charge is 2.30. The van der Waals surface area contributed by atoms with E-state index in [9.17, 15) is 9.59 Å². The molecule has 4 aromatic rings. The van der Waals surface area contributed by atoms with Crippen LogP contribution in [0, 0.1) is 0 Å². The number of aromatic nitrogens is 1. The first-order valence-corrected chi connectivity index (χ1v) is 11.9. The van der Waals surface area contributed by atoms with Crippen LogP contribution in [0.4, 0.5) is 0 Å². The summed E-state index contributed by atoms with van der Waals surface area (Å²) in [5, 5.41) is 3.01. The summed E-state index contributed by atoms with van der Waals surface area (Å²) >= 11 is 0. The zero-order valence-corrected chi connectivity index (χ0v) is 20.0. The second kappa shape index (κ2) is 12.9. The third kappa shape index (κ3) is 7.27. The average molecular weight is 480 g/mol. The Labute approximate surface area is 211 Å².